The van der Waals surface area contributed by atoms with Crippen molar-refractivity contribution in [3.8, 4) is 0 Å². The van der Waals surface area contributed by atoms with Crippen molar-refractivity contribution < 1.29 is 9.22 Å². The van der Waals surface area contributed by atoms with E-state index in [2.05, 4.69) is 58.0 Å². The number of hydrogen-bond donors (Lipinski definition) is 0. The van der Waals surface area contributed by atoms with Crippen LogP contribution in [0.2, 0.25) is 18.1 Å². The van der Waals surface area contributed by atoms with Gasteiger partial charge in [0, 0.05) is 17.7 Å². The molecular formula is C26H36O2Si. The van der Waals surface area contributed by atoms with Gasteiger partial charge in [0.15, 0.2) is 14.1 Å². The predicted octanol–water partition coefficient (Wildman–Crippen LogP) is 7.29. The van der Waals surface area contributed by atoms with Crippen LogP contribution in [-0.2, 0) is 4.43 Å². The summed E-state index contributed by atoms with van der Waals surface area (Å²) in [4.78, 5) is 13.4. The standard InChI is InChI=1S/C26H36O2Si/c1-7-29(8-2,9-3)28-15-14-24(19-23-12-10-20(4)11-13-23)26(27)25-17-21(5)16-22(6)18-25/h10-13,16-19H,7-9,14-15H2,1-6H3/b24-19+. The third-order valence-corrected chi connectivity index (χ3v) is 10.6. The fourth-order valence-electron chi connectivity index (χ4n) is 3.84. The Labute approximate surface area is 178 Å². The Balaban J connectivity index is 2.30. The molecule has 2 rings (SSSR count). The molecular weight excluding hydrogens is 372 g/mol. The molecule has 0 bridgehead atoms. The average Bonchev–Trinajstić information content (AvgIpc) is 2.71. The summed E-state index contributed by atoms with van der Waals surface area (Å²) in [5.41, 5.74) is 6.11. The largest absolute Gasteiger partial charge is 0.416 e. The van der Waals surface area contributed by atoms with Crippen LogP contribution in [0.3, 0.4) is 0 Å². The minimum absolute atomic E-state index is 0.109. The van der Waals surface area contributed by atoms with E-state index in [0.717, 1.165) is 46.0 Å². The fourth-order valence-corrected chi connectivity index (χ4v) is 6.49. The molecule has 0 aliphatic heterocycles. The van der Waals surface area contributed by atoms with Crippen LogP contribution in [0.4, 0.5) is 0 Å². The van der Waals surface area contributed by atoms with Crippen molar-refractivity contribution >= 4 is 20.2 Å². The van der Waals surface area contributed by atoms with Crippen molar-refractivity contribution in [3.63, 3.8) is 0 Å². The van der Waals surface area contributed by atoms with Gasteiger partial charge in [0.05, 0.1) is 0 Å². The molecule has 0 unspecified atom stereocenters. The van der Waals surface area contributed by atoms with Crippen LogP contribution < -0.4 is 0 Å². The van der Waals surface area contributed by atoms with Crippen LogP contribution in [0.5, 0.6) is 0 Å². The molecule has 0 saturated carbocycles. The van der Waals surface area contributed by atoms with Gasteiger partial charge in [-0.25, -0.2) is 0 Å². The molecule has 0 aliphatic rings. The van der Waals surface area contributed by atoms with Gasteiger partial charge in [-0.3, -0.25) is 4.79 Å². The second-order valence-electron chi connectivity index (χ2n) is 8.13. The molecule has 0 spiro atoms. The van der Waals surface area contributed by atoms with E-state index in [4.69, 9.17) is 4.43 Å². The van der Waals surface area contributed by atoms with Gasteiger partial charge in [0.25, 0.3) is 0 Å². The summed E-state index contributed by atoms with van der Waals surface area (Å²) in [5, 5.41) is 0. The number of aryl methyl sites for hydroxylation is 3. The summed E-state index contributed by atoms with van der Waals surface area (Å²) in [6.07, 6.45) is 2.68. The van der Waals surface area contributed by atoms with Gasteiger partial charge in [-0.05, 0) is 69.1 Å². The van der Waals surface area contributed by atoms with E-state index in [-0.39, 0.29) is 5.78 Å². The molecule has 29 heavy (non-hydrogen) atoms. The zero-order valence-corrected chi connectivity index (χ0v) is 20.0. The monoisotopic (exact) mass is 408 g/mol. The zero-order valence-electron chi connectivity index (χ0n) is 19.0. The van der Waals surface area contributed by atoms with Crippen molar-refractivity contribution in [2.75, 3.05) is 6.61 Å². The average molecular weight is 409 g/mol. The molecule has 0 amide bonds. The van der Waals surface area contributed by atoms with E-state index in [1.54, 1.807) is 0 Å². The third-order valence-electron chi connectivity index (χ3n) is 5.91. The Morgan fingerprint density at radius 1 is 0.862 bits per heavy atom. The molecule has 0 N–H and O–H groups in total. The molecule has 0 heterocycles. The van der Waals surface area contributed by atoms with Gasteiger partial charge in [-0.15, -0.1) is 0 Å². The van der Waals surface area contributed by atoms with E-state index in [9.17, 15) is 4.79 Å². The summed E-state index contributed by atoms with van der Waals surface area (Å²) in [5.74, 6) is 0.109. The molecule has 156 valence electrons. The van der Waals surface area contributed by atoms with Crippen molar-refractivity contribution in [3.05, 3.63) is 75.9 Å². The molecule has 2 nitrogen and oxygen atoms in total. The molecule has 0 fully saturated rings. The molecule has 3 heteroatoms. The van der Waals surface area contributed by atoms with Crippen LogP contribution in [0, 0.1) is 20.8 Å². The van der Waals surface area contributed by atoms with Crippen molar-refractivity contribution in [1.82, 2.24) is 0 Å². The Morgan fingerprint density at radius 3 is 1.93 bits per heavy atom. The number of benzene rings is 2. The summed E-state index contributed by atoms with van der Waals surface area (Å²) < 4.78 is 6.44. The molecule has 0 atom stereocenters. The Morgan fingerprint density at radius 2 is 1.41 bits per heavy atom. The number of carbonyl (C=O) groups excluding carboxylic acids is 1. The molecule has 0 saturated heterocycles. The normalized spacial score (nSPS) is 12.3. The highest BCUT2D eigenvalue weighted by Crippen LogP contribution is 2.24. The smallest absolute Gasteiger partial charge is 0.191 e. The van der Waals surface area contributed by atoms with Crippen LogP contribution in [0.25, 0.3) is 6.08 Å². The highest BCUT2D eigenvalue weighted by Gasteiger charge is 2.28. The highest BCUT2D eigenvalue weighted by molar-refractivity contribution is 6.73. The van der Waals surface area contributed by atoms with Crippen LogP contribution >= 0.6 is 0 Å². The quantitative estimate of drug-likeness (QED) is 0.234. The molecule has 0 aromatic heterocycles. The van der Waals surface area contributed by atoms with Crippen LogP contribution in [0.15, 0.2) is 48.0 Å². The highest BCUT2D eigenvalue weighted by atomic mass is 28.4. The van der Waals surface area contributed by atoms with Gasteiger partial charge < -0.3 is 4.43 Å². The van der Waals surface area contributed by atoms with Crippen molar-refractivity contribution in [1.29, 1.82) is 0 Å². The van der Waals surface area contributed by atoms with Gasteiger partial charge >= 0.3 is 0 Å². The maximum Gasteiger partial charge on any atom is 0.191 e. The van der Waals surface area contributed by atoms with E-state index < -0.39 is 8.32 Å². The Kier molecular flexibility index (Phi) is 8.60. The first-order valence-electron chi connectivity index (χ1n) is 10.9. The number of carbonyl (C=O) groups is 1. The van der Waals surface area contributed by atoms with Crippen LogP contribution in [0.1, 0.15) is 59.8 Å². The Bertz CT molecular complexity index is 817. The third kappa shape index (κ3) is 6.51. The van der Waals surface area contributed by atoms with Crippen molar-refractivity contribution in [2.24, 2.45) is 0 Å². The number of Topliss-reactive ketones (excluding diaryl/α,β-unsaturated/α-hetero) is 1. The summed E-state index contributed by atoms with van der Waals surface area (Å²) >= 11 is 0. The fraction of sp³-hybridized carbons (Fsp3) is 0.423. The van der Waals surface area contributed by atoms with Gasteiger partial charge in [-0.1, -0.05) is 67.8 Å². The minimum atomic E-state index is -1.65. The molecule has 0 radical (unpaired) electrons. The summed E-state index contributed by atoms with van der Waals surface area (Å²) in [6.45, 7) is 13.5. The molecule has 0 aliphatic carbocycles. The van der Waals surface area contributed by atoms with Gasteiger partial charge in [0.1, 0.15) is 0 Å². The topological polar surface area (TPSA) is 26.3 Å². The maximum atomic E-state index is 13.4. The second kappa shape index (κ2) is 10.7. The summed E-state index contributed by atoms with van der Waals surface area (Å²) in [7, 11) is -1.65. The van der Waals surface area contributed by atoms with E-state index in [0.29, 0.717) is 13.0 Å². The lowest BCUT2D eigenvalue weighted by Gasteiger charge is -2.28. The maximum absolute atomic E-state index is 13.4. The lowest BCUT2D eigenvalue weighted by atomic mass is 9.96. The molecule has 2 aromatic rings. The first-order chi connectivity index (χ1) is 13.8. The first-order valence-corrected chi connectivity index (χ1v) is 13.4. The summed E-state index contributed by atoms with van der Waals surface area (Å²) in [6, 6.07) is 17.8. The lowest BCUT2D eigenvalue weighted by Crippen LogP contribution is -2.36. The lowest BCUT2D eigenvalue weighted by molar-refractivity contribution is 0.102. The first kappa shape index (κ1) is 23.3. The number of ketones is 1. The Hall–Kier alpha value is -1.97. The SMILES string of the molecule is CC[Si](CC)(CC)OCC/C(=C\c1ccc(C)cc1)C(=O)c1cc(C)cc(C)c1. The molecule has 2 aromatic carbocycles. The minimum Gasteiger partial charge on any atom is -0.416 e. The van der Waals surface area contributed by atoms with Gasteiger partial charge in [-0.2, -0.15) is 0 Å². The number of rotatable bonds is 10. The van der Waals surface area contributed by atoms with E-state index in [1.807, 2.05) is 32.1 Å². The second-order valence-corrected chi connectivity index (χ2v) is 12.9. The zero-order chi connectivity index (χ0) is 21.4. The van der Waals surface area contributed by atoms with Gasteiger partial charge in [0.2, 0.25) is 0 Å². The van der Waals surface area contributed by atoms with Crippen LogP contribution in [-0.4, -0.2) is 20.7 Å². The van der Waals surface area contributed by atoms with E-state index >= 15 is 0 Å². The van der Waals surface area contributed by atoms with Crippen molar-refractivity contribution in [2.45, 2.75) is 66.1 Å². The number of hydrogen-bond acceptors (Lipinski definition) is 2. The predicted molar refractivity (Wildman–Crippen MR) is 127 cm³/mol. The van der Waals surface area contributed by atoms with E-state index in [1.165, 1.54) is 5.56 Å².